The highest BCUT2D eigenvalue weighted by Crippen LogP contribution is 2.27. The third kappa shape index (κ3) is 2.82. The van der Waals surface area contributed by atoms with Crippen LogP contribution in [-0.2, 0) is 4.79 Å². The van der Waals surface area contributed by atoms with Gasteiger partial charge in [0.25, 0.3) is 5.91 Å². The minimum atomic E-state index is -0.188. The average Bonchev–Trinajstić information content (AvgIpc) is 2.81. The van der Waals surface area contributed by atoms with Crippen molar-refractivity contribution in [1.82, 2.24) is 5.32 Å². The number of aliphatic imine (C=N–C) groups is 1. The van der Waals surface area contributed by atoms with Gasteiger partial charge in [-0.15, -0.1) is 0 Å². The molecular formula is C15H18N2O3. The Morgan fingerprint density at radius 1 is 1.25 bits per heavy atom. The van der Waals surface area contributed by atoms with Crippen LogP contribution in [0, 0.1) is 5.92 Å². The van der Waals surface area contributed by atoms with Gasteiger partial charge in [-0.05, 0) is 18.2 Å². The van der Waals surface area contributed by atoms with E-state index < -0.39 is 0 Å². The summed E-state index contributed by atoms with van der Waals surface area (Å²) in [6.45, 7) is 3.96. The summed E-state index contributed by atoms with van der Waals surface area (Å²) >= 11 is 0. The average molecular weight is 274 g/mol. The molecule has 1 heterocycles. The quantitative estimate of drug-likeness (QED) is 0.856. The summed E-state index contributed by atoms with van der Waals surface area (Å²) in [7, 11) is 3.17. The molecule has 20 heavy (non-hydrogen) atoms. The molecule has 0 atom stereocenters. The minimum Gasteiger partial charge on any atom is -0.497 e. The first-order valence-corrected chi connectivity index (χ1v) is 6.38. The van der Waals surface area contributed by atoms with Gasteiger partial charge in [-0.1, -0.05) is 13.8 Å². The number of benzene rings is 1. The summed E-state index contributed by atoms with van der Waals surface area (Å²) < 4.78 is 10.4. The predicted molar refractivity (Wildman–Crippen MR) is 77.9 cm³/mol. The monoisotopic (exact) mass is 274 g/mol. The first-order chi connectivity index (χ1) is 9.55. The number of carbonyl (C=O) groups excluding carboxylic acids is 1. The number of hydrogen-bond donors (Lipinski definition) is 1. The highest BCUT2D eigenvalue weighted by atomic mass is 16.5. The van der Waals surface area contributed by atoms with Crippen LogP contribution in [0.25, 0.3) is 6.08 Å². The van der Waals surface area contributed by atoms with Crippen molar-refractivity contribution >= 4 is 17.8 Å². The lowest BCUT2D eigenvalue weighted by molar-refractivity contribution is -0.115. The van der Waals surface area contributed by atoms with E-state index in [2.05, 4.69) is 10.3 Å². The number of amidine groups is 1. The maximum absolute atomic E-state index is 11.9. The predicted octanol–water partition coefficient (Wildman–Crippen LogP) is 2.23. The van der Waals surface area contributed by atoms with E-state index in [0.29, 0.717) is 23.0 Å². The van der Waals surface area contributed by atoms with Crippen LogP contribution in [0.5, 0.6) is 11.5 Å². The summed E-state index contributed by atoms with van der Waals surface area (Å²) in [6.07, 6.45) is 1.71. The van der Waals surface area contributed by atoms with Crippen molar-refractivity contribution in [3.05, 3.63) is 29.5 Å². The second-order valence-corrected chi connectivity index (χ2v) is 4.74. The molecular weight excluding hydrogens is 256 g/mol. The molecule has 0 aromatic heterocycles. The normalized spacial score (nSPS) is 16.4. The third-order valence-electron chi connectivity index (χ3n) is 2.99. The first-order valence-electron chi connectivity index (χ1n) is 6.38. The lowest BCUT2D eigenvalue weighted by atomic mass is 10.1. The van der Waals surface area contributed by atoms with Crippen LogP contribution in [-0.4, -0.2) is 26.0 Å². The van der Waals surface area contributed by atoms with E-state index in [1.54, 1.807) is 26.4 Å². The first kappa shape index (κ1) is 14.1. The zero-order valence-electron chi connectivity index (χ0n) is 12.1. The molecule has 106 valence electrons. The van der Waals surface area contributed by atoms with Gasteiger partial charge in [0.05, 0.1) is 14.2 Å². The maximum Gasteiger partial charge on any atom is 0.275 e. The van der Waals surface area contributed by atoms with Crippen molar-refractivity contribution in [2.75, 3.05) is 14.2 Å². The molecule has 1 N–H and O–H groups in total. The lowest BCUT2D eigenvalue weighted by Gasteiger charge is -2.07. The van der Waals surface area contributed by atoms with E-state index in [4.69, 9.17) is 9.47 Å². The SMILES string of the molecule is COc1ccc(/C=C2/N=C(C(C)C)NC2=O)c(OC)c1. The molecule has 0 aliphatic carbocycles. The van der Waals surface area contributed by atoms with Crippen LogP contribution in [0.4, 0.5) is 0 Å². The third-order valence-corrected chi connectivity index (χ3v) is 2.99. The van der Waals surface area contributed by atoms with Gasteiger partial charge in [-0.25, -0.2) is 4.99 Å². The molecule has 0 radical (unpaired) electrons. The number of amides is 1. The van der Waals surface area contributed by atoms with E-state index in [-0.39, 0.29) is 11.8 Å². The van der Waals surface area contributed by atoms with Crippen molar-refractivity contribution in [3.63, 3.8) is 0 Å². The van der Waals surface area contributed by atoms with Crippen LogP contribution in [0.3, 0.4) is 0 Å². The Kier molecular flexibility index (Phi) is 4.08. The second kappa shape index (κ2) is 5.77. The van der Waals surface area contributed by atoms with Gasteiger partial charge in [-0.3, -0.25) is 4.79 Å². The van der Waals surface area contributed by atoms with Gasteiger partial charge in [0.2, 0.25) is 0 Å². The van der Waals surface area contributed by atoms with Gasteiger partial charge >= 0.3 is 0 Å². The molecule has 0 saturated heterocycles. The van der Waals surface area contributed by atoms with Gasteiger partial charge in [0, 0.05) is 17.5 Å². The van der Waals surface area contributed by atoms with Crippen LogP contribution in [0.1, 0.15) is 19.4 Å². The number of ether oxygens (including phenoxy) is 2. The molecule has 2 rings (SSSR count). The fourth-order valence-corrected chi connectivity index (χ4v) is 1.85. The molecule has 1 aliphatic heterocycles. The Balaban J connectivity index is 2.38. The Labute approximate surface area is 118 Å². The maximum atomic E-state index is 11.9. The fraction of sp³-hybridized carbons (Fsp3) is 0.333. The zero-order chi connectivity index (χ0) is 14.7. The number of hydrogen-bond acceptors (Lipinski definition) is 4. The minimum absolute atomic E-state index is 0.183. The molecule has 1 aliphatic rings. The fourth-order valence-electron chi connectivity index (χ4n) is 1.85. The molecule has 5 heteroatoms. The lowest BCUT2D eigenvalue weighted by Crippen LogP contribution is -2.27. The van der Waals surface area contributed by atoms with Crippen LogP contribution in [0.2, 0.25) is 0 Å². The molecule has 1 amide bonds. The molecule has 0 fully saturated rings. The highest BCUT2D eigenvalue weighted by Gasteiger charge is 2.22. The summed E-state index contributed by atoms with van der Waals surface area (Å²) in [5.41, 5.74) is 1.17. The standard InChI is InChI=1S/C15H18N2O3/c1-9(2)14-16-12(15(18)17-14)7-10-5-6-11(19-3)8-13(10)20-4/h5-9H,1-4H3,(H,16,17,18)/b12-7+. The zero-order valence-corrected chi connectivity index (χ0v) is 12.1. The Morgan fingerprint density at radius 2 is 2.00 bits per heavy atom. The van der Waals surface area contributed by atoms with Crippen molar-refractivity contribution in [2.24, 2.45) is 10.9 Å². The number of nitrogens with zero attached hydrogens (tertiary/aromatic N) is 1. The topological polar surface area (TPSA) is 59.9 Å². The van der Waals surface area contributed by atoms with Crippen molar-refractivity contribution in [1.29, 1.82) is 0 Å². The Hall–Kier alpha value is -2.30. The summed E-state index contributed by atoms with van der Waals surface area (Å²) in [5.74, 6) is 2.02. The van der Waals surface area contributed by atoms with Crippen LogP contribution < -0.4 is 14.8 Å². The highest BCUT2D eigenvalue weighted by molar-refractivity contribution is 6.14. The van der Waals surface area contributed by atoms with Crippen LogP contribution in [0.15, 0.2) is 28.9 Å². The number of carbonyl (C=O) groups is 1. The number of rotatable bonds is 4. The summed E-state index contributed by atoms with van der Waals surface area (Å²) in [4.78, 5) is 16.2. The smallest absolute Gasteiger partial charge is 0.275 e. The molecule has 0 bridgehead atoms. The van der Waals surface area contributed by atoms with E-state index in [9.17, 15) is 4.79 Å². The molecule has 5 nitrogen and oxygen atoms in total. The summed E-state index contributed by atoms with van der Waals surface area (Å²) in [5, 5.41) is 2.76. The van der Waals surface area contributed by atoms with Crippen molar-refractivity contribution < 1.29 is 14.3 Å². The van der Waals surface area contributed by atoms with Crippen molar-refractivity contribution in [2.45, 2.75) is 13.8 Å². The molecule has 0 saturated carbocycles. The van der Waals surface area contributed by atoms with E-state index in [1.807, 2.05) is 26.0 Å². The molecule has 0 spiro atoms. The van der Waals surface area contributed by atoms with E-state index >= 15 is 0 Å². The summed E-state index contributed by atoms with van der Waals surface area (Å²) in [6, 6.07) is 5.42. The molecule has 0 unspecified atom stereocenters. The number of nitrogens with one attached hydrogen (secondary N) is 1. The second-order valence-electron chi connectivity index (χ2n) is 4.74. The Morgan fingerprint density at radius 3 is 2.55 bits per heavy atom. The van der Waals surface area contributed by atoms with Gasteiger partial charge in [0.1, 0.15) is 23.0 Å². The molecule has 1 aromatic rings. The largest absolute Gasteiger partial charge is 0.497 e. The van der Waals surface area contributed by atoms with Crippen molar-refractivity contribution in [3.8, 4) is 11.5 Å². The van der Waals surface area contributed by atoms with E-state index in [1.165, 1.54) is 0 Å². The van der Waals surface area contributed by atoms with Gasteiger partial charge < -0.3 is 14.8 Å². The molecule has 1 aromatic carbocycles. The number of methoxy groups -OCH3 is 2. The van der Waals surface area contributed by atoms with E-state index in [0.717, 1.165) is 5.56 Å². The van der Waals surface area contributed by atoms with Gasteiger partial charge in [0.15, 0.2) is 0 Å². The van der Waals surface area contributed by atoms with Gasteiger partial charge in [-0.2, -0.15) is 0 Å². The van der Waals surface area contributed by atoms with Crippen LogP contribution >= 0.6 is 0 Å². The Bertz CT molecular complexity index is 589.